The van der Waals surface area contributed by atoms with Gasteiger partial charge in [0.05, 0.1) is 18.3 Å². The van der Waals surface area contributed by atoms with Gasteiger partial charge in [-0.2, -0.15) is 0 Å². The van der Waals surface area contributed by atoms with Crippen LogP contribution >= 0.6 is 0 Å². The molecule has 4 aliphatic carbocycles. The molecule has 0 aromatic heterocycles. The van der Waals surface area contributed by atoms with E-state index < -0.39 is 24.3 Å². The first-order chi connectivity index (χ1) is 14.9. The van der Waals surface area contributed by atoms with Gasteiger partial charge in [-0.1, -0.05) is 20.8 Å². The standard InChI is InChI=1S/C26H42O6/c1-13(5-8-23(31)32)17-6-7-18-24-20(12-22(30)26(17,18)4)25(3)15(10-21(24)29)9-16(28)11-19(25)14(2)27/h13,15-22,24,28-30H,5-12H2,1-4H3,(H,31,32). The first-order valence-corrected chi connectivity index (χ1v) is 12.7. The summed E-state index contributed by atoms with van der Waals surface area (Å²) in [4.78, 5) is 23.8. The molecule has 4 rings (SSSR count). The van der Waals surface area contributed by atoms with E-state index >= 15 is 0 Å². The van der Waals surface area contributed by atoms with Gasteiger partial charge in [0.25, 0.3) is 0 Å². The SMILES string of the molecule is CC(=O)C1CC(O)CC2CC(O)C3C(CC(O)C4(C)C(C(C)CCC(=O)O)CCC34)C21C. The molecule has 0 aliphatic heterocycles. The Labute approximate surface area is 191 Å². The van der Waals surface area contributed by atoms with Gasteiger partial charge >= 0.3 is 5.97 Å². The maximum absolute atomic E-state index is 12.7. The van der Waals surface area contributed by atoms with Crippen LogP contribution in [-0.4, -0.2) is 50.5 Å². The van der Waals surface area contributed by atoms with E-state index in [4.69, 9.17) is 5.11 Å². The Morgan fingerprint density at radius 1 is 0.969 bits per heavy atom. The number of ketones is 1. The van der Waals surface area contributed by atoms with E-state index in [1.54, 1.807) is 6.92 Å². The van der Waals surface area contributed by atoms with E-state index in [2.05, 4.69) is 20.8 Å². The van der Waals surface area contributed by atoms with Gasteiger partial charge in [-0.05, 0) is 98.2 Å². The number of Topliss-reactive ketones (excluding diaryl/α,β-unsaturated/α-hetero) is 1. The number of carbonyl (C=O) groups excluding carboxylic acids is 1. The van der Waals surface area contributed by atoms with Gasteiger partial charge in [-0.25, -0.2) is 0 Å². The number of carboxylic acid groups (broad SMARTS) is 1. The van der Waals surface area contributed by atoms with Gasteiger partial charge in [-0.3, -0.25) is 9.59 Å². The predicted octanol–water partition coefficient (Wildman–Crippen LogP) is 3.26. The summed E-state index contributed by atoms with van der Waals surface area (Å²) in [6.07, 6.45) is 3.39. The second-order valence-corrected chi connectivity index (χ2v) is 12.2. The van der Waals surface area contributed by atoms with Crippen LogP contribution in [0.15, 0.2) is 0 Å². The Hall–Kier alpha value is -0.980. The van der Waals surface area contributed by atoms with E-state index in [1.165, 1.54) is 0 Å². The summed E-state index contributed by atoms with van der Waals surface area (Å²) in [5, 5.41) is 42.6. The van der Waals surface area contributed by atoms with Crippen LogP contribution in [0.25, 0.3) is 0 Å². The van der Waals surface area contributed by atoms with Gasteiger partial charge in [0.2, 0.25) is 0 Å². The van der Waals surface area contributed by atoms with Crippen LogP contribution in [-0.2, 0) is 9.59 Å². The number of fused-ring (bicyclic) bond motifs is 5. The zero-order chi connectivity index (χ0) is 23.6. The normalized spacial score (nSPS) is 51.3. The summed E-state index contributed by atoms with van der Waals surface area (Å²) < 4.78 is 0. The van der Waals surface area contributed by atoms with E-state index in [1.807, 2.05) is 0 Å². The molecule has 0 heterocycles. The minimum Gasteiger partial charge on any atom is -0.481 e. The molecule has 0 radical (unpaired) electrons. The van der Waals surface area contributed by atoms with Crippen molar-refractivity contribution in [3.05, 3.63) is 0 Å². The van der Waals surface area contributed by atoms with Crippen LogP contribution in [0.5, 0.6) is 0 Å². The lowest BCUT2D eigenvalue weighted by Crippen LogP contribution is -2.65. The summed E-state index contributed by atoms with van der Waals surface area (Å²) in [5.41, 5.74) is -0.659. The first kappa shape index (κ1) is 24.2. The molecule has 182 valence electrons. The molecule has 12 atom stereocenters. The largest absolute Gasteiger partial charge is 0.481 e. The second-order valence-electron chi connectivity index (χ2n) is 12.2. The average molecular weight is 451 g/mol. The van der Waals surface area contributed by atoms with Crippen molar-refractivity contribution in [1.82, 2.24) is 0 Å². The fourth-order valence-electron chi connectivity index (χ4n) is 9.40. The van der Waals surface area contributed by atoms with Gasteiger partial charge in [0.15, 0.2) is 0 Å². The molecule has 12 unspecified atom stereocenters. The molecule has 0 aromatic carbocycles. The number of aliphatic carboxylic acids is 1. The van der Waals surface area contributed by atoms with E-state index in [9.17, 15) is 24.9 Å². The Kier molecular flexibility index (Phi) is 6.30. The zero-order valence-corrected chi connectivity index (χ0v) is 20.0. The Morgan fingerprint density at radius 3 is 2.28 bits per heavy atom. The number of carbonyl (C=O) groups is 2. The van der Waals surface area contributed by atoms with Crippen molar-refractivity contribution in [2.24, 2.45) is 52.3 Å². The maximum atomic E-state index is 12.7. The molecule has 4 aliphatic rings. The van der Waals surface area contributed by atoms with Crippen LogP contribution in [0.3, 0.4) is 0 Å². The van der Waals surface area contributed by atoms with Crippen molar-refractivity contribution in [3.63, 3.8) is 0 Å². The third-order valence-corrected chi connectivity index (χ3v) is 11.0. The third-order valence-electron chi connectivity index (χ3n) is 11.0. The number of aliphatic hydroxyl groups is 3. The molecule has 0 amide bonds. The molecule has 0 bridgehead atoms. The molecule has 4 saturated carbocycles. The number of rotatable bonds is 5. The predicted molar refractivity (Wildman–Crippen MR) is 120 cm³/mol. The molecule has 4 N–H and O–H groups in total. The summed E-state index contributed by atoms with van der Waals surface area (Å²) >= 11 is 0. The van der Waals surface area contributed by atoms with Crippen molar-refractivity contribution in [1.29, 1.82) is 0 Å². The number of hydrogen-bond donors (Lipinski definition) is 4. The zero-order valence-electron chi connectivity index (χ0n) is 20.0. The smallest absolute Gasteiger partial charge is 0.303 e. The summed E-state index contributed by atoms with van der Waals surface area (Å²) in [7, 11) is 0. The Bertz CT molecular complexity index is 753. The minimum absolute atomic E-state index is 0.0402. The van der Waals surface area contributed by atoms with Crippen molar-refractivity contribution in [2.75, 3.05) is 0 Å². The number of aliphatic hydroxyl groups excluding tert-OH is 3. The van der Waals surface area contributed by atoms with Crippen LogP contribution < -0.4 is 0 Å². The highest BCUT2D eigenvalue weighted by Gasteiger charge is 2.67. The highest BCUT2D eigenvalue weighted by Crippen LogP contribution is 2.69. The fourth-order valence-corrected chi connectivity index (χ4v) is 9.40. The summed E-state index contributed by atoms with van der Waals surface area (Å²) in [6.45, 7) is 8.10. The number of carboxylic acids is 1. The first-order valence-electron chi connectivity index (χ1n) is 12.7. The Morgan fingerprint density at radius 2 is 1.66 bits per heavy atom. The van der Waals surface area contributed by atoms with Gasteiger partial charge in [0, 0.05) is 12.3 Å². The molecule has 6 heteroatoms. The topological polar surface area (TPSA) is 115 Å². The lowest BCUT2D eigenvalue weighted by Gasteiger charge is -2.65. The van der Waals surface area contributed by atoms with E-state index in [-0.39, 0.29) is 64.5 Å². The molecule has 4 fully saturated rings. The monoisotopic (exact) mass is 450 g/mol. The summed E-state index contributed by atoms with van der Waals surface area (Å²) in [6, 6.07) is 0. The quantitative estimate of drug-likeness (QED) is 0.511. The van der Waals surface area contributed by atoms with E-state index in [0.717, 1.165) is 12.8 Å². The maximum Gasteiger partial charge on any atom is 0.303 e. The highest BCUT2D eigenvalue weighted by atomic mass is 16.4. The van der Waals surface area contributed by atoms with Gasteiger partial charge < -0.3 is 20.4 Å². The van der Waals surface area contributed by atoms with Gasteiger partial charge in [-0.15, -0.1) is 0 Å². The van der Waals surface area contributed by atoms with Crippen molar-refractivity contribution in [3.8, 4) is 0 Å². The van der Waals surface area contributed by atoms with Crippen molar-refractivity contribution in [2.45, 2.75) is 97.4 Å². The van der Waals surface area contributed by atoms with E-state index in [0.29, 0.717) is 32.1 Å². The molecule has 0 saturated heterocycles. The lowest BCUT2D eigenvalue weighted by molar-refractivity contribution is -0.221. The molecule has 0 spiro atoms. The second kappa shape index (κ2) is 8.35. The van der Waals surface area contributed by atoms with Crippen LogP contribution in [0, 0.1) is 52.3 Å². The van der Waals surface area contributed by atoms with Crippen LogP contribution in [0.1, 0.15) is 79.1 Å². The van der Waals surface area contributed by atoms with Crippen molar-refractivity contribution < 1.29 is 30.0 Å². The highest BCUT2D eigenvalue weighted by molar-refractivity contribution is 5.79. The summed E-state index contributed by atoms with van der Waals surface area (Å²) in [5.74, 6) is -0.126. The fraction of sp³-hybridized carbons (Fsp3) is 0.923. The lowest BCUT2D eigenvalue weighted by atomic mass is 9.40. The molecule has 32 heavy (non-hydrogen) atoms. The third kappa shape index (κ3) is 3.47. The molecule has 6 nitrogen and oxygen atoms in total. The molecule has 0 aromatic rings. The van der Waals surface area contributed by atoms with Crippen molar-refractivity contribution >= 4 is 11.8 Å². The van der Waals surface area contributed by atoms with Crippen LogP contribution in [0.4, 0.5) is 0 Å². The van der Waals surface area contributed by atoms with Gasteiger partial charge in [0.1, 0.15) is 5.78 Å². The Balaban J connectivity index is 1.67. The molecular formula is C26H42O6. The minimum atomic E-state index is -0.780. The number of hydrogen-bond acceptors (Lipinski definition) is 5. The average Bonchev–Trinajstić information content (AvgIpc) is 3.06. The van der Waals surface area contributed by atoms with Crippen LogP contribution in [0.2, 0.25) is 0 Å². The molecular weight excluding hydrogens is 408 g/mol.